The third kappa shape index (κ3) is 2.57. The van der Waals surface area contributed by atoms with Crippen LogP contribution in [0.25, 0.3) is 11.0 Å². The molecule has 4 heteroatoms. The summed E-state index contributed by atoms with van der Waals surface area (Å²) >= 11 is 0. The van der Waals surface area contributed by atoms with E-state index in [1.165, 1.54) is 16.8 Å². The van der Waals surface area contributed by atoms with Crippen LogP contribution in [0.5, 0.6) is 5.75 Å². The molecule has 0 saturated heterocycles. The van der Waals surface area contributed by atoms with Crippen molar-refractivity contribution in [2.75, 3.05) is 11.6 Å². The second-order valence-electron chi connectivity index (χ2n) is 7.00. The van der Waals surface area contributed by atoms with E-state index in [1.807, 2.05) is 6.92 Å². The van der Waals surface area contributed by atoms with Crippen LogP contribution in [0.15, 0.2) is 39.5 Å². The molecule has 1 aromatic heterocycles. The van der Waals surface area contributed by atoms with Crippen molar-refractivity contribution in [3.05, 3.63) is 68.6 Å². The molecule has 0 spiro atoms. The molecule has 1 aliphatic rings. The van der Waals surface area contributed by atoms with E-state index in [-0.39, 0.29) is 5.63 Å². The molecule has 134 valence electrons. The molecular weight excluding hydrogens is 326 g/mol. The molecule has 3 aromatic rings. The monoisotopic (exact) mass is 349 g/mol. The Balaban J connectivity index is 1.85. The summed E-state index contributed by atoms with van der Waals surface area (Å²) in [7, 11) is 0. The molecule has 2 aromatic carbocycles. The van der Waals surface area contributed by atoms with E-state index in [0.717, 1.165) is 40.8 Å². The SMILES string of the molecule is CCc1cc(=O)oc2c(C)c3c(cc12)CN(c1cccc(C)c1C)CO3. The number of fused-ring (bicyclic) bond motifs is 2. The van der Waals surface area contributed by atoms with Crippen LogP contribution in [0.1, 0.15) is 34.7 Å². The Bertz CT molecular complexity index is 1070. The first-order valence-electron chi connectivity index (χ1n) is 9.02. The predicted molar refractivity (Wildman–Crippen MR) is 104 cm³/mol. The Morgan fingerprint density at radius 3 is 2.69 bits per heavy atom. The minimum atomic E-state index is -0.301. The van der Waals surface area contributed by atoms with E-state index < -0.39 is 0 Å². The first-order valence-corrected chi connectivity index (χ1v) is 9.02. The minimum Gasteiger partial charge on any atom is -0.472 e. The number of hydrogen-bond donors (Lipinski definition) is 0. The number of benzene rings is 2. The van der Waals surface area contributed by atoms with E-state index >= 15 is 0 Å². The lowest BCUT2D eigenvalue weighted by Crippen LogP contribution is -2.33. The van der Waals surface area contributed by atoms with Gasteiger partial charge in [0.05, 0.1) is 0 Å². The Hall–Kier alpha value is -2.75. The summed E-state index contributed by atoms with van der Waals surface area (Å²) in [6.07, 6.45) is 0.794. The average Bonchev–Trinajstić information content (AvgIpc) is 2.64. The van der Waals surface area contributed by atoms with Crippen molar-refractivity contribution in [2.24, 2.45) is 0 Å². The molecule has 0 atom stereocenters. The highest BCUT2D eigenvalue weighted by atomic mass is 16.5. The van der Waals surface area contributed by atoms with Crippen LogP contribution < -0.4 is 15.3 Å². The molecule has 4 nitrogen and oxygen atoms in total. The van der Waals surface area contributed by atoms with Gasteiger partial charge in [0.15, 0.2) is 6.73 Å². The lowest BCUT2D eigenvalue weighted by molar-refractivity contribution is 0.287. The summed E-state index contributed by atoms with van der Waals surface area (Å²) in [5.41, 5.74) is 7.15. The number of nitrogens with zero attached hydrogens (tertiary/aromatic N) is 1. The summed E-state index contributed by atoms with van der Waals surface area (Å²) < 4.78 is 11.6. The summed E-state index contributed by atoms with van der Waals surface area (Å²) in [6.45, 7) is 9.57. The average molecular weight is 349 g/mol. The fourth-order valence-corrected chi connectivity index (χ4v) is 3.81. The molecule has 4 rings (SSSR count). The van der Waals surface area contributed by atoms with Gasteiger partial charge in [-0.1, -0.05) is 19.1 Å². The van der Waals surface area contributed by atoms with Crippen molar-refractivity contribution in [3.8, 4) is 5.75 Å². The molecule has 26 heavy (non-hydrogen) atoms. The zero-order valence-corrected chi connectivity index (χ0v) is 15.7. The van der Waals surface area contributed by atoms with Gasteiger partial charge in [-0.15, -0.1) is 0 Å². The van der Waals surface area contributed by atoms with Crippen molar-refractivity contribution in [3.63, 3.8) is 0 Å². The first-order chi connectivity index (χ1) is 12.5. The third-order valence-electron chi connectivity index (χ3n) is 5.40. The molecule has 2 heterocycles. The van der Waals surface area contributed by atoms with Crippen molar-refractivity contribution in [2.45, 2.75) is 40.7 Å². The number of ether oxygens (including phenoxy) is 1. The number of aryl methyl sites for hydroxylation is 3. The van der Waals surface area contributed by atoms with Crippen LogP contribution in [0, 0.1) is 20.8 Å². The van der Waals surface area contributed by atoms with Crippen LogP contribution in [0.2, 0.25) is 0 Å². The molecule has 0 fully saturated rings. The Labute approximate surface area is 153 Å². The molecular formula is C22H23NO3. The third-order valence-corrected chi connectivity index (χ3v) is 5.40. The largest absolute Gasteiger partial charge is 0.472 e. The highest BCUT2D eigenvalue weighted by Gasteiger charge is 2.24. The Morgan fingerprint density at radius 2 is 1.92 bits per heavy atom. The highest BCUT2D eigenvalue weighted by Crippen LogP contribution is 2.37. The first kappa shape index (κ1) is 16.7. The van der Waals surface area contributed by atoms with E-state index in [1.54, 1.807) is 6.07 Å². The zero-order chi connectivity index (χ0) is 18.4. The topological polar surface area (TPSA) is 42.7 Å². The smallest absolute Gasteiger partial charge is 0.336 e. The van der Waals surface area contributed by atoms with E-state index in [9.17, 15) is 4.79 Å². The molecule has 0 saturated carbocycles. The number of anilines is 1. The predicted octanol–water partition coefficient (Wildman–Crippen LogP) is 4.64. The van der Waals surface area contributed by atoms with Crippen LogP contribution in [-0.2, 0) is 13.0 Å². The van der Waals surface area contributed by atoms with Gasteiger partial charge in [-0.3, -0.25) is 0 Å². The fraction of sp³-hybridized carbons (Fsp3) is 0.318. The molecule has 0 bridgehead atoms. The van der Waals surface area contributed by atoms with Crippen LogP contribution in [0.3, 0.4) is 0 Å². The maximum atomic E-state index is 11.9. The minimum absolute atomic E-state index is 0.301. The van der Waals surface area contributed by atoms with Crippen LogP contribution in [0.4, 0.5) is 5.69 Å². The van der Waals surface area contributed by atoms with Gasteiger partial charge in [-0.05, 0) is 56.0 Å². The maximum Gasteiger partial charge on any atom is 0.336 e. The van der Waals surface area contributed by atoms with Crippen molar-refractivity contribution in [1.29, 1.82) is 0 Å². The quantitative estimate of drug-likeness (QED) is 0.632. The normalized spacial score (nSPS) is 13.6. The highest BCUT2D eigenvalue weighted by molar-refractivity contribution is 5.86. The van der Waals surface area contributed by atoms with E-state index in [0.29, 0.717) is 12.3 Å². The van der Waals surface area contributed by atoms with E-state index in [2.05, 4.69) is 49.9 Å². The fourth-order valence-electron chi connectivity index (χ4n) is 3.81. The van der Waals surface area contributed by atoms with Crippen LogP contribution in [-0.4, -0.2) is 6.73 Å². The molecule has 0 unspecified atom stereocenters. The molecule has 0 radical (unpaired) electrons. The van der Waals surface area contributed by atoms with E-state index in [4.69, 9.17) is 9.15 Å². The summed E-state index contributed by atoms with van der Waals surface area (Å²) in [5.74, 6) is 0.843. The molecule has 0 amide bonds. The summed E-state index contributed by atoms with van der Waals surface area (Å²) in [4.78, 5) is 14.1. The molecule has 0 N–H and O–H groups in total. The number of hydrogen-bond acceptors (Lipinski definition) is 4. The lowest BCUT2D eigenvalue weighted by atomic mass is 9.99. The van der Waals surface area contributed by atoms with Gasteiger partial charge >= 0.3 is 5.63 Å². The van der Waals surface area contributed by atoms with Gasteiger partial charge in [-0.2, -0.15) is 0 Å². The van der Waals surface area contributed by atoms with Gasteiger partial charge in [0.2, 0.25) is 0 Å². The summed E-state index contributed by atoms with van der Waals surface area (Å²) in [5, 5.41) is 1.01. The lowest BCUT2D eigenvalue weighted by Gasteiger charge is -2.33. The van der Waals surface area contributed by atoms with Crippen LogP contribution >= 0.6 is 0 Å². The standard InChI is InChI=1S/C22H23NO3/c1-5-16-10-20(24)26-22-15(4)21-17(9-18(16)22)11-23(12-25-21)19-8-6-7-13(2)14(19)3/h6-10H,5,11-12H2,1-4H3. The Kier molecular flexibility index (Phi) is 3.98. The van der Waals surface area contributed by atoms with Gasteiger partial charge < -0.3 is 14.1 Å². The number of rotatable bonds is 2. The van der Waals surface area contributed by atoms with Gasteiger partial charge in [0.25, 0.3) is 0 Å². The van der Waals surface area contributed by atoms with Crippen molar-refractivity contribution < 1.29 is 9.15 Å². The van der Waals surface area contributed by atoms with Gasteiger partial charge in [-0.25, -0.2) is 4.79 Å². The van der Waals surface area contributed by atoms with Crippen molar-refractivity contribution >= 4 is 16.7 Å². The summed E-state index contributed by atoms with van der Waals surface area (Å²) in [6, 6.07) is 10.1. The molecule has 0 aliphatic carbocycles. The maximum absolute atomic E-state index is 11.9. The Morgan fingerprint density at radius 1 is 1.12 bits per heavy atom. The molecule has 1 aliphatic heterocycles. The van der Waals surface area contributed by atoms with Gasteiger partial charge in [0.1, 0.15) is 11.3 Å². The second-order valence-corrected chi connectivity index (χ2v) is 7.00. The second kappa shape index (κ2) is 6.20. The van der Waals surface area contributed by atoms with Gasteiger partial charge in [0, 0.05) is 34.8 Å². The van der Waals surface area contributed by atoms with Crippen molar-refractivity contribution in [1.82, 2.24) is 0 Å². The zero-order valence-electron chi connectivity index (χ0n) is 15.7.